The number of hydrogen-bond donors (Lipinski definition) is 1. The van der Waals surface area contributed by atoms with Crippen molar-refractivity contribution in [3.63, 3.8) is 0 Å². The maximum absolute atomic E-state index is 5.87. The zero-order chi connectivity index (χ0) is 12.9. The predicted molar refractivity (Wildman–Crippen MR) is 73.3 cm³/mol. The number of nitrogens with one attached hydrogen (secondary N) is 1. The van der Waals surface area contributed by atoms with Gasteiger partial charge in [0.05, 0.1) is 18.2 Å². The molecule has 0 fully saturated rings. The maximum Gasteiger partial charge on any atom is 0.0668 e. The molecule has 0 amide bonds. The van der Waals surface area contributed by atoms with Crippen LogP contribution in [0.2, 0.25) is 0 Å². The zero-order valence-electron chi connectivity index (χ0n) is 11.7. The van der Waals surface area contributed by atoms with Crippen LogP contribution in [0.15, 0.2) is 24.3 Å². The summed E-state index contributed by atoms with van der Waals surface area (Å²) in [7, 11) is 0. The molecule has 1 unspecified atom stereocenters. The molecular formula is C15H25NO. The van der Waals surface area contributed by atoms with Crippen LogP contribution in [0, 0.1) is 6.92 Å². The van der Waals surface area contributed by atoms with Gasteiger partial charge in [0.2, 0.25) is 0 Å². The van der Waals surface area contributed by atoms with Gasteiger partial charge >= 0.3 is 0 Å². The van der Waals surface area contributed by atoms with E-state index in [2.05, 4.69) is 64.2 Å². The lowest BCUT2D eigenvalue weighted by Gasteiger charge is -2.25. The molecule has 17 heavy (non-hydrogen) atoms. The number of likely N-dealkylation sites (N-methyl/N-ethyl adjacent to an activating group) is 1. The summed E-state index contributed by atoms with van der Waals surface area (Å²) >= 11 is 0. The molecular weight excluding hydrogens is 210 g/mol. The van der Waals surface area contributed by atoms with E-state index in [0.717, 1.165) is 6.54 Å². The van der Waals surface area contributed by atoms with Crippen molar-refractivity contribution in [2.45, 2.75) is 46.3 Å². The van der Waals surface area contributed by atoms with E-state index in [1.165, 1.54) is 11.1 Å². The SMILES string of the molecule is CCNC(COC(C)(C)C)c1ccc(C)cc1. The first-order valence-corrected chi connectivity index (χ1v) is 6.36. The maximum atomic E-state index is 5.87. The Hall–Kier alpha value is -0.860. The van der Waals surface area contributed by atoms with Gasteiger partial charge in [0.25, 0.3) is 0 Å². The molecule has 0 spiro atoms. The minimum absolute atomic E-state index is 0.0850. The van der Waals surface area contributed by atoms with Crippen molar-refractivity contribution in [3.05, 3.63) is 35.4 Å². The molecule has 0 radical (unpaired) electrons. The number of hydrogen-bond acceptors (Lipinski definition) is 2. The van der Waals surface area contributed by atoms with Crippen molar-refractivity contribution >= 4 is 0 Å². The van der Waals surface area contributed by atoms with Crippen LogP contribution in [0.1, 0.15) is 44.9 Å². The molecule has 96 valence electrons. The molecule has 1 aromatic carbocycles. The van der Waals surface area contributed by atoms with Crippen molar-refractivity contribution in [2.24, 2.45) is 0 Å². The standard InChI is InChI=1S/C15H25NO/c1-6-16-14(11-17-15(3,4)5)13-9-7-12(2)8-10-13/h7-10,14,16H,6,11H2,1-5H3. The van der Waals surface area contributed by atoms with Crippen LogP contribution in [0.25, 0.3) is 0 Å². The molecule has 2 heteroatoms. The van der Waals surface area contributed by atoms with Gasteiger partial charge in [0, 0.05) is 0 Å². The van der Waals surface area contributed by atoms with E-state index >= 15 is 0 Å². The van der Waals surface area contributed by atoms with Gasteiger partial charge in [0.15, 0.2) is 0 Å². The van der Waals surface area contributed by atoms with Gasteiger partial charge in [0.1, 0.15) is 0 Å². The van der Waals surface area contributed by atoms with Crippen LogP contribution >= 0.6 is 0 Å². The monoisotopic (exact) mass is 235 g/mol. The van der Waals surface area contributed by atoms with Gasteiger partial charge in [-0.2, -0.15) is 0 Å². The first-order valence-electron chi connectivity index (χ1n) is 6.36. The normalized spacial score (nSPS) is 13.7. The summed E-state index contributed by atoms with van der Waals surface area (Å²) < 4.78 is 5.87. The second kappa shape index (κ2) is 6.18. The summed E-state index contributed by atoms with van der Waals surface area (Å²) in [5.74, 6) is 0. The Balaban J connectivity index is 2.68. The summed E-state index contributed by atoms with van der Waals surface area (Å²) in [6.07, 6.45) is 0. The Morgan fingerprint density at radius 1 is 1.18 bits per heavy atom. The van der Waals surface area contributed by atoms with E-state index in [1.807, 2.05) is 0 Å². The van der Waals surface area contributed by atoms with Crippen LogP contribution < -0.4 is 5.32 Å². The molecule has 0 aromatic heterocycles. The molecule has 0 aliphatic heterocycles. The van der Waals surface area contributed by atoms with Crippen molar-refractivity contribution < 1.29 is 4.74 Å². The molecule has 1 aromatic rings. The topological polar surface area (TPSA) is 21.3 Å². The van der Waals surface area contributed by atoms with Crippen LogP contribution in [0.4, 0.5) is 0 Å². The molecule has 0 aliphatic rings. The lowest BCUT2D eigenvalue weighted by molar-refractivity contribution is -0.0146. The average molecular weight is 235 g/mol. The third kappa shape index (κ3) is 5.33. The molecule has 0 saturated heterocycles. The molecule has 0 heterocycles. The van der Waals surface area contributed by atoms with E-state index in [9.17, 15) is 0 Å². The molecule has 1 rings (SSSR count). The van der Waals surface area contributed by atoms with Crippen LogP contribution in [-0.2, 0) is 4.74 Å². The van der Waals surface area contributed by atoms with Gasteiger partial charge in [-0.25, -0.2) is 0 Å². The van der Waals surface area contributed by atoms with E-state index in [1.54, 1.807) is 0 Å². The van der Waals surface area contributed by atoms with E-state index in [0.29, 0.717) is 6.61 Å². The Bertz CT molecular complexity index is 324. The number of rotatable bonds is 5. The smallest absolute Gasteiger partial charge is 0.0668 e. The summed E-state index contributed by atoms with van der Waals surface area (Å²) in [5, 5.41) is 3.47. The summed E-state index contributed by atoms with van der Waals surface area (Å²) in [6, 6.07) is 8.93. The quantitative estimate of drug-likeness (QED) is 0.844. The van der Waals surface area contributed by atoms with Crippen molar-refractivity contribution in [3.8, 4) is 0 Å². The number of aryl methyl sites for hydroxylation is 1. The highest BCUT2D eigenvalue weighted by atomic mass is 16.5. The minimum Gasteiger partial charge on any atom is -0.374 e. The van der Waals surface area contributed by atoms with Gasteiger partial charge < -0.3 is 10.1 Å². The lowest BCUT2D eigenvalue weighted by atomic mass is 10.1. The lowest BCUT2D eigenvalue weighted by Crippen LogP contribution is -2.30. The fourth-order valence-electron chi connectivity index (χ4n) is 1.65. The Morgan fingerprint density at radius 3 is 2.24 bits per heavy atom. The first kappa shape index (κ1) is 14.2. The summed E-state index contributed by atoms with van der Waals surface area (Å²) in [4.78, 5) is 0. The van der Waals surface area contributed by atoms with Crippen molar-refractivity contribution in [2.75, 3.05) is 13.2 Å². The second-order valence-electron chi connectivity index (χ2n) is 5.44. The fraction of sp³-hybridized carbons (Fsp3) is 0.600. The van der Waals surface area contributed by atoms with Crippen LogP contribution in [0.5, 0.6) is 0 Å². The van der Waals surface area contributed by atoms with E-state index in [4.69, 9.17) is 4.74 Å². The highest BCUT2D eigenvalue weighted by Crippen LogP contribution is 2.17. The Kier molecular flexibility index (Phi) is 5.16. The number of ether oxygens (including phenoxy) is 1. The van der Waals surface area contributed by atoms with E-state index in [-0.39, 0.29) is 11.6 Å². The zero-order valence-corrected chi connectivity index (χ0v) is 11.7. The Morgan fingerprint density at radius 2 is 1.76 bits per heavy atom. The van der Waals surface area contributed by atoms with Gasteiger partial charge in [-0.3, -0.25) is 0 Å². The third-order valence-corrected chi connectivity index (χ3v) is 2.61. The Labute approximate surface area is 105 Å². The summed E-state index contributed by atoms with van der Waals surface area (Å²) in [5.41, 5.74) is 2.50. The minimum atomic E-state index is -0.0850. The van der Waals surface area contributed by atoms with Crippen LogP contribution in [0.3, 0.4) is 0 Å². The predicted octanol–water partition coefficient (Wildman–Crippen LogP) is 3.46. The summed E-state index contributed by atoms with van der Waals surface area (Å²) in [6.45, 7) is 12.2. The van der Waals surface area contributed by atoms with Gasteiger partial charge in [-0.1, -0.05) is 36.8 Å². The largest absolute Gasteiger partial charge is 0.374 e. The molecule has 2 nitrogen and oxygen atoms in total. The van der Waals surface area contributed by atoms with Crippen molar-refractivity contribution in [1.82, 2.24) is 5.32 Å². The highest BCUT2D eigenvalue weighted by Gasteiger charge is 2.16. The van der Waals surface area contributed by atoms with E-state index < -0.39 is 0 Å². The van der Waals surface area contributed by atoms with Gasteiger partial charge in [-0.15, -0.1) is 0 Å². The molecule has 1 N–H and O–H groups in total. The molecule has 0 bridgehead atoms. The molecule has 0 saturated carbocycles. The second-order valence-corrected chi connectivity index (χ2v) is 5.44. The number of benzene rings is 1. The van der Waals surface area contributed by atoms with Gasteiger partial charge in [-0.05, 0) is 39.8 Å². The fourth-order valence-corrected chi connectivity index (χ4v) is 1.65. The third-order valence-electron chi connectivity index (χ3n) is 2.61. The average Bonchev–Trinajstić information content (AvgIpc) is 2.24. The molecule has 0 aliphatic carbocycles. The first-order chi connectivity index (χ1) is 7.92. The highest BCUT2D eigenvalue weighted by molar-refractivity contribution is 5.24. The van der Waals surface area contributed by atoms with Crippen molar-refractivity contribution in [1.29, 1.82) is 0 Å². The molecule has 1 atom stereocenters. The van der Waals surface area contributed by atoms with Crippen LogP contribution in [-0.4, -0.2) is 18.8 Å².